The molecule has 2 aromatic heterocycles. The van der Waals surface area contributed by atoms with Crippen LogP contribution in [0.2, 0.25) is 0 Å². The summed E-state index contributed by atoms with van der Waals surface area (Å²) in [5, 5.41) is 7.58. The molecule has 24 heavy (non-hydrogen) atoms. The summed E-state index contributed by atoms with van der Waals surface area (Å²) in [4.78, 5) is 16.6. The molecule has 0 aliphatic heterocycles. The highest BCUT2D eigenvalue weighted by molar-refractivity contribution is 5.97. The van der Waals surface area contributed by atoms with E-state index in [0.29, 0.717) is 16.8 Å². The molecule has 0 aliphatic rings. The molecule has 3 aromatic rings. The number of pyridine rings is 1. The Morgan fingerprint density at radius 3 is 2.75 bits per heavy atom. The van der Waals surface area contributed by atoms with Crippen LogP contribution in [0.15, 0.2) is 41.1 Å². The number of amides is 1. The minimum atomic E-state index is -0.331. The van der Waals surface area contributed by atoms with Gasteiger partial charge in [-0.25, -0.2) is 9.37 Å². The zero-order valence-corrected chi connectivity index (χ0v) is 13.7. The minimum absolute atomic E-state index is 0.164. The number of carbonyl (C=O) groups is 1. The third kappa shape index (κ3) is 3.13. The molecule has 0 saturated carbocycles. The van der Waals surface area contributed by atoms with E-state index in [0.717, 1.165) is 11.1 Å². The van der Waals surface area contributed by atoms with Crippen molar-refractivity contribution in [1.29, 1.82) is 0 Å². The van der Waals surface area contributed by atoms with Crippen molar-refractivity contribution >= 4 is 17.0 Å². The van der Waals surface area contributed by atoms with Crippen LogP contribution in [0.1, 0.15) is 54.3 Å². The molecular weight excluding hydrogens is 309 g/mol. The molecule has 0 aliphatic carbocycles. The number of benzene rings is 1. The van der Waals surface area contributed by atoms with Crippen LogP contribution in [0.5, 0.6) is 0 Å². The van der Waals surface area contributed by atoms with Crippen molar-refractivity contribution in [2.24, 2.45) is 0 Å². The number of halogens is 1. The second-order valence-electron chi connectivity index (χ2n) is 6.05. The summed E-state index contributed by atoms with van der Waals surface area (Å²) in [7, 11) is 0. The molecule has 5 nitrogen and oxygen atoms in total. The van der Waals surface area contributed by atoms with Gasteiger partial charge in [-0.15, -0.1) is 0 Å². The van der Waals surface area contributed by atoms with E-state index < -0.39 is 0 Å². The van der Waals surface area contributed by atoms with Crippen LogP contribution in [0, 0.1) is 5.82 Å². The maximum Gasteiger partial charge on any atom is 0.257 e. The van der Waals surface area contributed by atoms with Crippen LogP contribution in [-0.2, 0) is 0 Å². The molecule has 1 N–H and O–H groups in total. The molecule has 2 heterocycles. The third-order valence-corrected chi connectivity index (χ3v) is 3.86. The first-order valence-corrected chi connectivity index (χ1v) is 7.77. The van der Waals surface area contributed by atoms with Crippen LogP contribution >= 0.6 is 0 Å². The molecule has 0 spiro atoms. The third-order valence-electron chi connectivity index (χ3n) is 3.86. The summed E-state index contributed by atoms with van der Waals surface area (Å²) in [6.07, 6.45) is 1.45. The predicted molar refractivity (Wildman–Crippen MR) is 88.2 cm³/mol. The molecule has 6 heteroatoms. The van der Waals surface area contributed by atoms with E-state index in [9.17, 15) is 9.18 Å². The highest BCUT2D eigenvalue weighted by Crippen LogP contribution is 2.24. The summed E-state index contributed by atoms with van der Waals surface area (Å²) < 4.78 is 18.5. The number of nitrogens with zero attached hydrogens (tertiary/aromatic N) is 2. The SMILES string of the molecule is CC(C)c1noc2ncc(C(=O)NC(C)c3cccc(F)c3)cc12. The van der Waals surface area contributed by atoms with Crippen LogP contribution in [0.3, 0.4) is 0 Å². The van der Waals surface area contributed by atoms with Gasteiger partial charge in [0.15, 0.2) is 0 Å². The lowest BCUT2D eigenvalue weighted by Gasteiger charge is -2.14. The Bertz CT molecular complexity index is 889. The summed E-state index contributed by atoms with van der Waals surface area (Å²) in [5.74, 6) is -0.447. The summed E-state index contributed by atoms with van der Waals surface area (Å²) >= 11 is 0. The standard InChI is InChI=1S/C18H18FN3O2/c1-10(2)16-15-8-13(9-20-18(15)24-22-16)17(23)21-11(3)12-5-4-6-14(19)7-12/h4-11H,1-3H3,(H,21,23). The zero-order valence-electron chi connectivity index (χ0n) is 13.7. The van der Waals surface area contributed by atoms with Crippen molar-refractivity contribution in [3.8, 4) is 0 Å². The average Bonchev–Trinajstić information content (AvgIpc) is 2.98. The van der Waals surface area contributed by atoms with E-state index in [1.54, 1.807) is 25.1 Å². The molecule has 1 aromatic carbocycles. The molecule has 0 fully saturated rings. The maximum absolute atomic E-state index is 13.3. The van der Waals surface area contributed by atoms with Crippen molar-refractivity contribution < 1.29 is 13.7 Å². The largest absolute Gasteiger partial charge is 0.345 e. The predicted octanol–water partition coefficient (Wildman–Crippen LogP) is 3.98. The number of aromatic nitrogens is 2. The number of fused-ring (bicyclic) bond motifs is 1. The Morgan fingerprint density at radius 1 is 1.25 bits per heavy atom. The van der Waals surface area contributed by atoms with Crippen molar-refractivity contribution in [2.45, 2.75) is 32.7 Å². The molecule has 0 saturated heterocycles. The summed E-state index contributed by atoms with van der Waals surface area (Å²) in [5.41, 5.74) is 2.29. The van der Waals surface area contributed by atoms with E-state index in [1.165, 1.54) is 18.3 Å². The van der Waals surface area contributed by atoms with Gasteiger partial charge in [-0.1, -0.05) is 31.1 Å². The van der Waals surface area contributed by atoms with Gasteiger partial charge in [-0.05, 0) is 36.6 Å². The molecular formula is C18H18FN3O2. The number of hydrogen-bond donors (Lipinski definition) is 1. The van der Waals surface area contributed by atoms with Gasteiger partial charge in [0, 0.05) is 6.20 Å². The van der Waals surface area contributed by atoms with E-state index in [4.69, 9.17) is 4.52 Å². The van der Waals surface area contributed by atoms with Crippen molar-refractivity contribution in [1.82, 2.24) is 15.5 Å². The fourth-order valence-corrected chi connectivity index (χ4v) is 2.53. The van der Waals surface area contributed by atoms with Crippen molar-refractivity contribution in [3.63, 3.8) is 0 Å². The summed E-state index contributed by atoms with van der Waals surface area (Å²) in [6, 6.07) is 7.57. The molecule has 3 rings (SSSR count). The lowest BCUT2D eigenvalue weighted by atomic mass is 10.1. The monoisotopic (exact) mass is 327 g/mol. The highest BCUT2D eigenvalue weighted by atomic mass is 19.1. The van der Waals surface area contributed by atoms with Crippen LogP contribution < -0.4 is 5.32 Å². The van der Waals surface area contributed by atoms with Gasteiger partial charge in [0.1, 0.15) is 5.82 Å². The minimum Gasteiger partial charge on any atom is -0.345 e. The lowest BCUT2D eigenvalue weighted by Crippen LogP contribution is -2.26. The second-order valence-corrected chi connectivity index (χ2v) is 6.05. The van der Waals surface area contributed by atoms with E-state index in [-0.39, 0.29) is 23.7 Å². The van der Waals surface area contributed by atoms with Crippen LogP contribution in [0.4, 0.5) is 4.39 Å². The van der Waals surface area contributed by atoms with Crippen LogP contribution in [0.25, 0.3) is 11.1 Å². The first-order chi connectivity index (χ1) is 11.5. The van der Waals surface area contributed by atoms with Crippen molar-refractivity contribution in [3.05, 3.63) is 59.2 Å². The van der Waals surface area contributed by atoms with E-state index in [1.807, 2.05) is 13.8 Å². The number of hydrogen-bond acceptors (Lipinski definition) is 4. The fourth-order valence-electron chi connectivity index (χ4n) is 2.53. The van der Waals surface area contributed by atoms with E-state index in [2.05, 4.69) is 15.5 Å². The van der Waals surface area contributed by atoms with Gasteiger partial charge in [0.25, 0.3) is 11.6 Å². The van der Waals surface area contributed by atoms with E-state index >= 15 is 0 Å². The Labute approximate surface area is 138 Å². The Kier molecular flexibility index (Phi) is 4.29. The topological polar surface area (TPSA) is 68.0 Å². The average molecular weight is 327 g/mol. The smallest absolute Gasteiger partial charge is 0.257 e. The summed E-state index contributed by atoms with van der Waals surface area (Å²) in [6.45, 7) is 5.80. The normalized spacial score (nSPS) is 12.5. The quantitative estimate of drug-likeness (QED) is 0.787. The Morgan fingerprint density at radius 2 is 2.04 bits per heavy atom. The van der Waals surface area contributed by atoms with Gasteiger partial charge in [0.2, 0.25) is 0 Å². The van der Waals surface area contributed by atoms with Crippen molar-refractivity contribution in [2.75, 3.05) is 0 Å². The number of rotatable bonds is 4. The van der Waals surface area contributed by atoms with Gasteiger partial charge in [0.05, 0.1) is 22.7 Å². The maximum atomic E-state index is 13.3. The molecule has 124 valence electrons. The Balaban J connectivity index is 1.84. The molecule has 1 unspecified atom stereocenters. The number of carbonyl (C=O) groups excluding carboxylic acids is 1. The second kappa shape index (κ2) is 6.39. The van der Waals surface area contributed by atoms with Gasteiger partial charge >= 0.3 is 0 Å². The molecule has 1 atom stereocenters. The first-order valence-electron chi connectivity index (χ1n) is 7.77. The van der Waals surface area contributed by atoms with Gasteiger partial charge in [-0.3, -0.25) is 4.79 Å². The molecule has 0 bridgehead atoms. The lowest BCUT2D eigenvalue weighted by molar-refractivity contribution is 0.0939. The molecule has 0 radical (unpaired) electrons. The number of nitrogens with one attached hydrogen (secondary N) is 1. The highest BCUT2D eigenvalue weighted by Gasteiger charge is 2.17. The first kappa shape index (κ1) is 16.1. The van der Waals surface area contributed by atoms with Gasteiger partial charge < -0.3 is 9.84 Å². The van der Waals surface area contributed by atoms with Crippen LogP contribution in [-0.4, -0.2) is 16.0 Å². The zero-order chi connectivity index (χ0) is 17.3. The fraction of sp³-hybridized carbons (Fsp3) is 0.278. The molecule has 1 amide bonds. The Hall–Kier alpha value is -2.76. The van der Waals surface area contributed by atoms with Gasteiger partial charge in [-0.2, -0.15) is 0 Å².